The van der Waals surface area contributed by atoms with Crippen LogP contribution in [-0.2, 0) is 18.9 Å². The van der Waals surface area contributed by atoms with Crippen LogP contribution in [0.25, 0.3) is 0 Å². The highest BCUT2D eigenvalue weighted by Crippen LogP contribution is 2.42. The molecular formula is C20H25F4NO5. The van der Waals surface area contributed by atoms with Crippen molar-refractivity contribution in [3.63, 3.8) is 0 Å². The van der Waals surface area contributed by atoms with Gasteiger partial charge in [0.05, 0.1) is 6.10 Å². The molecule has 2 fully saturated rings. The van der Waals surface area contributed by atoms with Gasteiger partial charge in [-0.1, -0.05) is 12.6 Å². The first-order chi connectivity index (χ1) is 14.0. The number of rotatable bonds is 8. The number of fused-ring (bicyclic) bond motifs is 1. The first-order valence-electron chi connectivity index (χ1n) is 9.56. The van der Waals surface area contributed by atoms with E-state index in [9.17, 15) is 17.6 Å². The monoisotopic (exact) mass is 435 g/mol. The first-order valence-corrected chi connectivity index (χ1v) is 9.56. The molecule has 2 aliphatic rings. The van der Waals surface area contributed by atoms with Gasteiger partial charge in [-0.25, -0.2) is 0 Å². The summed E-state index contributed by atoms with van der Waals surface area (Å²) < 4.78 is 82.7. The average Bonchev–Trinajstić information content (AvgIpc) is 3.10. The van der Waals surface area contributed by atoms with Gasteiger partial charge in [-0.3, -0.25) is 0 Å². The zero-order valence-corrected chi connectivity index (χ0v) is 16.9. The lowest BCUT2D eigenvalue weighted by Gasteiger charge is -2.33. The Kier molecular flexibility index (Phi) is 6.43. The molecular weight excluding hydrogens is 410 g/mol. The molecule has 3 heterocycles. The normalized spacial score (nSPS) is 30.0. The average molecular weight is 435 g/mol. The summed E-state index contributed by atoms with van der Waals surface area (Å²) in [6.45, 7) is 6.79. The summed E-state index contributed by atoms with van der Waals surface area (Å²) >= 11 is 0. The second-order valence-corrected chi connectivity index (χ2v) is 7.73. The molecule has 0 spiro atoms. The Hall–Kier alpha value is -1.75. The minimum absolute atomic E-state index is 0.0637. The predicted molar refractivity (Wildman–Crippen MR) is 97.2 cm³/mol. The maximum Gasteiger partial charge on any atom is 0.432 e. The maximum absolute atomic E-state index is 13.9. The standard InChI is InChI=1S/C20H25F4NO5/c1-5-19(20(22,23)24,28-14-10-6-9-13(21)25-14)11-7-8-12-15(26-4)16-17(27-12)30-18(2,3)29-16/h5-6,9-10,12,15-17H,1,7-8,11H2,2-4H3/t12-,15+,16-,17-,19?/m1/s1. The van der Waals surface area contributed by atoms with Crippen LogP contribution in [-0.4, -0.2) is 54.3 Å². The van der Waals surface area contributed by atoms with Crippen LogP contribution in [0.4, 0.5) is 17.6 Å². The van der Waals surface area contributed by atoms with E-state index in [0.717, 1.165) is 12.1 Å². The van der Waals surface area contributed by atoms with Crippen molar-refractivity contribution in [2.45, 2.75) is 75.3 Å². The van der Waals surface area contributed by atoms with Crippen LogP contribution in [0.2, 0.25) is 0 Å². The van der Waals surface area contributed by atoms with Crippen molar-refractivity contribution in [3.05, 3.63) is 36.8 Å². The van der Waals surface area contributed by atoms with E-state index in [-0.39, 0.29) is 12.8 Å². The third kappa shape index (κ3) is 4.61. The highest BCUT2D eigenvalue weighted by atomic mass is 19.4. The summed E-state index contributed by atoms with van der Waals surface area (Å²) in [5.41, 5.74) is -2.72. The molecule has 0 radical (unpaired) electrons. The number of nitrogens with zero attached hydrogens (tertiary/aromatic N) is 1. The lowest BCUT2D eigenvalue weighted by atomic mass is 9.93. The van der Waals surface area contributed by atoms with Crippen molar-refractivity contribution in [1.82, 2.24) is 4.98 Å². The van der Waals surface area contributed by atoms with E-state index in [0.29, 0.717) is 6.08 Å². The Balaban J connectivity index is 1.67. The Bertz CT molecular complexity index is 759. The van der Waals surface area contributed by atoms with Crippen LogP contribution in [0.1, 0.15) is 33.1 Å². The van der Waals surface area contributed by atoms with Crippen molar-refractivity contribution in [2.75, 3.05) is 7.11 Å². The lowest BCUT2D eigenvalue weighted by molar-refractivity contribution is -0.234. The summed E-state index contributed by atoms with van der Waals surface area (Å²) in [7, 11) is 1.49. The molecule has 3 rings (SSSR count). The van der Waals surface area contributed by atoms with E-state index >= 15 is 0 Å². The maximum atomic E-state index is 13.9. The van der Waals surface area contributed by atoms with Crippen molar-refractivity contribution >= 4 is 0 Å². The van der Waals surface area contributed by atoms with Gasteiger partial charge < -0.3 is 23.7 Å². The number of methoxy groups -OCH3 is 1. The topological polar surface area (TPSA) is 59.0 Å². The largest absolute Gasteiger partial charge is 0.457 e. The molecule has 0 amide bonds. The fraction of sp³-hybridized carbons (Fsp3) is 0.650. The van der Waals surface area contributed by atoms with Gasteiger partial charge in [0.25, 0.3) is 0 Å². The molecule has 2 aliphatic heterocycles. The van der Waals surface area contributed by atoms with Gasteiger partial charge >= 0.3 is 6.18 Å². The van der Waals surface area contributed by atoms with Crippen LogP contribution >= 0.6 is 0 Å². The number of aromatic nitrogens is 1. The molecule has 2 saturated heterocycles. The summed E-state index contributed by atoms with van der Waals surface area (Å²) in [4.78, 5) is 3.37. The molecule has 0 bridgehead atoms. The van der Waals surface area contributed by atoms with E-state index in [1.807, 2.05) is 0 Å². The summed E-state index contributed by atoms with van der Waals surface area (Å²) in [6.07, 6.45) is -6.37. The third-order valence-electron chi connectivity index (χ3n) is 5.18. The van der Waals surface area contributed by atoms with Crippen LogP contribution in [0.5, 0.6) is 5.88 Å². The zero-order chi connectivity index (χ0) is 22.2. The minimum Gasteiger partial charge on any atom is -0.457 e. The van der Waals surface area contributed by atoms with Gasteiger partial charge in [0.1, 0.15) is 12.2 Å². The molecule has 1 unspecified atom stereocenters. The first kappa shape index (κ1) is 22.9. The fourth-order valence-corrected chi connectivity index (χ4v) is 3.77. The van der Waals surface area contributed by atoms with Gasteiger partial charge in [0.15, 0.2) is 12.1 Å². The molecule has 0 aliphatic carbocycles. The zero-order valence-electron chi connectivity index (χ0n) is 16.9. The number of alkyl halides is 3. The Morgan fingerprint density at radius 1 is 1.27 bits per heavy atom. The number of hydrogen-bond donors (Lipinski definition) is 0. The fourth-order valence-electron chi connectivity index (χ4n) is 3.77. The number of ether oxygens (including phenoxy) is 5. The van der Waals surface area contributed by atoms with E-state index < -0.39 is 60.4 Å². The number of hydrogen-bond acceptors (Lipinski definition) is 6. The molecule has 30 heavy (non-hydrogen) atoms. The predicted octanol–water partition coefficient (Wildman–Crippen LogP) is 4.15. The SMILES string of the molecule is C=CC(CCC[C@H]1O[C@@H]2OC(C)(C)O[C@@H]2[C@H]1OC)(Oc1cccc(F)n1)C(F)(F)F. The van der Waals surface area contributed by atoms with E-state index in [2.05, 4.69) is 11.6 Å². The van der Waals surface area contributed by atoms with Crippen LogP contribution in [0.3, 0.4) is 0 Å². The van der Waals surface area contributed by atoms with Crippen LogP contribution in [0.15, 0.2) is 30.9 Å². The van der Waals surface area contributed by atoms with Crippen molar-refractivity contribution in [2.24, 2.45) is 0 Å². The second kappa shape index (κ2) is 8.41. The molecule has 1 aromatic heterocycles. The van der Waals surface area contributed by atoms with Gasteiger partial charge in [0.2, 0.25) is 17.4 Å². The van der Waals surface area contributed by atoms with Crippen LogP contribution < -0.4 is 4.74 Å². The molecule has 0 N–H and O–H groups in total. The number of halogens is 4. The Morgan fingerprint density at radius 3 is 2.60 bits per heavy atom. The van der Waals surface area contributed by atoms with Gasteiger partial charge in [-0.15, -0.1) is 0 Å². The quantitative estimate of drug-likeness (QED) is 0.347. The van der Waals surface area contributed by atoms with Crippen LogP contribution in [0, 0.1) is 5.95 Å². The minimum atomic E-state index is -4.79. The lowest BCUT2D eigenvalue weighted by Crippen LogP contribution is -2.49. The Morgan fingerprint density at radius 2 is 2.00 bits per heavy atom. The molecule has 168 valence electrons. The highest BCUT2D eigenvalue weighted by Gasteiger charge is 2.57. The Labute approximate surface area is 172 Å². The van der Waals surface area contributed by atoms with Crippen molar-refractivity contribution in [3.8, 4) is 5.88 Å². The molecule has 0 aromatic carbocycles. The molecule has 6 nitrogen and oxygen atoms in total. The van der Waals surface area contributed by atoms with Gasteiger partial charge in [0, 0.05) is 19.6 Å². The van der Waals surface area contributed by atoms with Gasteiger partial charge in [-0.05, 0) is 38.8 Å². The van der Waals surface area contributed by atoms with Gasteiger partial charge in [-0.2, -0.15) is 22.5 Å². The second-order valence-electron chi connectivity index (χ2n) is 7.73. The molecule has 1 aromatic rings. The smallest absolute Gasteiger partial charge is 0.432 e. The summed E-state index contributed by atoms with van der Waals surface area (Å²) in [5.74, 6) is -2.24. The highest BCUT2D eigenvalue weighted by molar-refractivity contribution is 5.16. The van der Waals surface area contributed by atoms with E-state index in [1.54, 1.807) is 13.8 Å². The number of pyridine rings is 1. The molecule has 10 heteroatoms. The molecule has 0 saturated carbocycles. The van der Waals surface area contributed by atoms with Crippen molar-refractivity contribution in [1.29, 1.82) is 0 Å². The summed E-state index contributed by atoms with van der Waals surface area (Å²) in [6, 6.07) is 3.39. The molecule has 5 atom stereocenters. The third-order valence-corrected chi connectivity index (χ3v) is 5.18. The van der Waals surface area contributed by atoms with E-state index in [1.165, 1.54) is 13.2 Å². The van der Waals surface area contributed by atoms with Crippen molar-refractivity contribution < 1.29 is 41.2 Å². The van der Waals surface area contributed by atoms with E-state index in [4.69, 9.17) is 23.7 Å². The summed E-state index contributed by atoms with van der Waals surface area (Å²) in [5, 5.41) is 0.